The molecule has 0 aliphatic heterocycles. The van der Waals surface area contributed by atoms with Crippen LogP contribution < -0.4 is 5.32 Å². The number of thiophene rings is 1. The summed E-state index contributed by atoms with van der Waals surface area (Å²) in [5.74, 6) is 0.142. The molecule has 0 radical (unpaired) electrons. The molecule has 0 aromatic carbocycles. The van der Waals surface area contributed by atoms with Crippen molar-refractivity contribution in [1.82, 2.24) is 5.32 Å². The van der Waals surface area contributed by atoms with Crippen LogP contribution in [0, 0.1) is 11.3 Å². The van der Waals surface area contributed by atoms with Crippen LogP contribution in [0.15, 0.2) is 12.1 Å². The van der Waals surface area contributed by atoms with Crippen molar-refractivity contribution in [1.29, 1.82) is 5.26 Å². The zero-order valence-electron chi connectivity index (χ0n) is 8.36. The van der Waals surface area contributed by atoms with Crippen LogP contribution in [0.5, 0.6) is 0 Å². The molecular formula is C9H12N2O2S2. The van der Waals surface area contributed by atoms with Gasteiger partial charge in [-0.3, -0.25) is 0 Å². The van der Waals surface area contributed by atoms with Crippen molar-refractivity contribution in [3.8, 4) is 6.07 Å². The Morgan fingerprint density at radius 2 is 2.27 bits per heavy atom. The van der Waals surface area contributed by atoms with Crippen LogP contribution in [0.1, 0.15) is 9.75 Å². The zero-order chi connectivity index (χ0) is 11.3. The third kappa shape index (κ3) is 4.93. The zero-order valence-corrected chi connectivity index (χ0v) is 9.99. The highest BCUT2D eigenvalue weighted by Gasteiger charge is 2.02. The molecule has 1 rings (SSSR count). The Bertz CT molecular complexity index is 457. The van der Waals surface area contributed by atoms with Gasteiger partial charge in [-0.2, -0.15) is 5.26 Å². The molecule has 15 heavy (non-hydrogen) atoms. The minimum Gasteiger partial charge on any atom is -0.311 e. The van der Waals surface area contributed by atoms with E-state index in [0.717, 1.165) is 4.88 Å². The maximum absolute atomic E-state index is 10.8. The molecule has 0 aliphatic carbocycles. The quantitative estimate of drug-likeness (QED) is 0.776. The van der Waals surface area contributed by atoms with Crippen molar-refractivity contribution in [2.24, 2.45) is 0 Å². The smallest absolute Gasteiger partial charge is 0.148 e. The maximum Gasteiger partial charge on any atom is 0.148 e. The molecule has 0 saturated carbocycles. The Morgan fingerprint density at radius 3 is 2.80 bits per heavy atom. The summed E-state index contributed by atoms with van der Waals surface area (Å²) < 4.78 is 21.6. The summed E-state index contributed by atoms with van der Waals surface area (Å²) in [6, 6.07) is 5.69. The van der Waals surface area contributed by atoms with E-state index in [2.05, 4.69) is 11.4 Å². The van der Waals surface area contributed by atoms with Crippen LogP contribution in [-0.4, -0.2) is 27.0 Å². The van der Waals surface area contributed by atoms with Crippen molar-refractivity contribution in [3.05, 3.63) is 21.9 Å². The van der Waals surface area contributed by atoms with Gasteiger partial charge in [0.15, 0.2) is 0 Å². The Labute approximate surface area is 93.5 Å². The molecule has 1 heterocycles. The van der Waals surface area contributed by atoms with Crippen molar-refractivity contribution >= 4 is 21.2 Å². The van der Waals surface area contributed by atoms with E-state index in [1.807, 2.05) is 6.07 Å². The highest BCUT2D eigenvalue weighted by molar-refractivity contribution is 7.90. The molecule has 0 amide bonds. The van der Waals surface area contributed by atoms with E-state index < -0.39 is 9.84 Å². The van der Waals surface area contributed by atoms with Crippen molar-refractivity contribution in [2.75, 3.05) is 18.6 Å². The lowest BCUT2D eigenvalue weighted by atomic mass is 10.4. The summed E-state index contributed by atoms with van der Waals surface area (Å²) >= 11 is 1.42. The molecule has 0 unspecified atom stereocenters. The van der Waals surface area contributed by atoms with E-state index in [9.17, 15) is 8.42 Å². The molecule has 1 aromatic rings. The summed E-state index contributed by atoms with van der Waals surface area (Å²) in [5.41, 5.74) is 0. The van der Waals surface area contributed by atoms with E-state index >= 15 is 0 Å². The predicted molar refractivity (Wildman–Crippen MR) is 60.5 cm³/mol. The fraction of sp³-hybridized carbons (Fsp3) is 0.444. The number of nitriles is 1. The van der Waals surface area contributed by atoms with Crippen LogP contribution in [0.3, 0.4) is 0 Å². The molecule has 1 aromatic heterocycles. The van der Waals surface area contributed by atoms with Gasteiger partial charge in [-0.05, 0) is 12.1 Å². The second kappa shape index (κ2) is 5.26. The minimum absolute atomic E-state index is 0.142. The molecule has 6 heteroatoms. The fourth-order valence-corrected chi connectivity index (χ4v) is 2.29. The SMILES string of the molecule is CS(=O)(=O)CCNCc1ccc(C#N)s1. The molecule has 0 bridgehead atoms. The number of hydrogen-bond acceptors (Lipinski definition) is 5. The summed E-state index contributed by atoms with van der Waals surface area (Å²) in [7, 11) is -2.89. The normalized spacial score (nSPS) is 11.2. The lowest BCUT2D eigenvalue weighted by Gasteiger charge is -2.00. The van der Waals surface area contributed by atoms with Crippen LogP contribution >= 0.6 is 11.3 Å². The van der Waals surface area contributed by atoms with E-state index in [4.69, 9.17) is 5.26 Å². The molecule has 0 aliphatic rings. The molecular weight excluding hydrogens is 232 g/mol. The molecule has 82 valence electrons. The van der Waals surface area contributed by atoms with E-state index in [1.54, 1.807) is 6.07 Å². The van der Waals surface area contributed by atoms with Gasteiger partial charge in [-0.1, -0.05) is 0 Å². The Hall–Kier alpha value is -0.900. The number of rotatable bonds is 5. The molecule has 4 nitrogen and oxygen atoms in total. The molecule has 0 saturated heterocycles. The number of nitrogens with one attached hydrogen (secondary N) is 1. The second-order valence-corrected chi connectivity index (χ2v) is 6.61. The van der Waals surface area contributed by atoms with Gasteiger partial charge in [0.25, 0.3) is 0 Å². The molecule has 0 spiro atoms. The lowest BCUT2D eigenvalue weighted by Crippen LogP contribution is -2.21. The number of hydrogen-bond donors (Lipinski definition) is 1. The third-order valence-corrected chi connectivity index (χ3v) is 3.66. The van der Waals surface area contributed by atoms with Gasteiger partial charge in [-0.15, -0.1) is 11.3 Å². The Morgan fingerprint density at radius 1 is 1.53 bits per heavy atom. The first kappa shape index (κ1) is 12.2. The highest BCUT2D eigenvalue weighted by atomic mass is 32.2. The fourth-order valence-electron chi connectivity index (χ4n) is 1.00. The third-order valence-electron chi connectivity index (χ3n) is 1.72. The molecule has 0 atom stereocenters. The average molecular weight is 244 g/mol. The van der Waals surface area contributed by atoms with Crippen LogP contribution in [-0.2, 0) is 16.4 Å². The van der Waals surface area contributed by atoms with Gasteiger partial charge >= 0.3 is 0 Å². The second-order valence-electron chi connectivity index (χ2n) is 3.18. The first-order chi connectivity index (χ1) is 7.01. The van der Waals surface area contributed by atoms with Crippen molar-refractivity contribution in [2.45, 2.75) is 6.54 Å². The standard InChI is InChI=1S/C9H12N2O2S2/c1-15(12,13)5-4-11-7-9-3-2-8(6-10)14-9/h2-3,11H,4-5,7H2,1H3. The van der Waals surface area contributed by atoms with E-state index in [-0.39, 0.29) is 5.75 Å². The van der Waals surface area contributed by atoms with Crippen LogP contribution in [0.2, 0.25) is 0 Å². The predicted octanol–water partition coefficient (Wildman–Crippen LogP) is 0.754. The highest BCUT2D eigenvalue weighted by Crippen LogP contribution is 2.14. The van der Waals surface area contributed by atoms with Crippen LogP contribution in [0.4, 0.5) is 0 Å². The van der Waals surface area contributed by atoms with Crippen molar-refractivity contribution < 1.29 is 8.42 Å². The monoisotopic (exact) mass is 244 g/mol. The Kier molecular flexibility index (Phi) is 4.27. The largest absolute Gasteiger partial charge is 0.311 e. The average Bonchev–Trinajstić information content (AvgIpc) is 2.59. The van der Waals surface area contributed by atoms with Gasteiger partial charge in [0, 0.05) is 24.2 Å². The summed E-state index contributed by atoms with van der Waals surface area (Å²) in [4.78, 5) is 1.72. The minimum atomic E-state index is -2.89. The first-order valence-electron chi connectivity index (χ1n) is 4.38. The van der Waals surface area contributed by atoms with E-state index in [1.165, 1.54) is 17.6 Å². The van der Waals surface area contributed by atoms with Gasteiger partial charge < -0.3 is 5.32 Å². The topological polar surface area (TPSA) is 70.0 Å². The number of nitrogens with zero attached hydrogens (tertiary/aromatic N) is 1. The molecule has 0 fully saturated rings. The Balaban J connectivity index is 2.30. The molecule has 1 N–H and O–H groups in total. The maximum atomic E-state index is 10.8. The number of sulfone groups is 1. The summed E-state index contributed by atoms with van der Waals surface area (Å²) in [6.45, 7) is 1.06. The lowest BCUT2D eigenvalue weighted by molar-refractivity contribution is 0.596. The van der Waals surface area contributed by atoms with Crippen LogP contribution in [0.25, 0.3) is 0 Å². The van der Waals surface area contributed by atoms with Gasteiger partial charge in [0.1, 0.15) is 20.8 Å². The van der Waals surface area contributed by atoms with Gasteiger partial charge in [0.05, 0.1) is 5.75 Å². The summed E-state index contributed by atoms with van der Waals surface area (Å²) in [6.07, 6.45) is 1.22. The van der Waals surface area contributed by atoms with Gasteiger partial charge in [-0.25, -0.2) is 8.42 Å². The van der Waals surface area contributed by atoms with E-state index in [0.29, 0.717) is 18.0 Å². The van der Waals surface area contributed by atoms with Crippen molar-refractivity contribution in [3.63, 3.8) is 0 Å². The summed E-state index contributed by atoms with van der Waals surface area (Å²) in [5, 5.41) is 11.6. The van der Waals surface area contributed by atoms with Gasteiger partial charge in [0.2, 0.25) is 0 Å². The first-order valence-corrected chi connectivity index (χ1v) is 7.26.